The van der Waals surface area contributed by atoms with Crippen LogP contribution in [0, 0.1) is 11.7 Å². The molecular weight excluding hydrogens is 329 g/mol. The van der Waals surface area contributed by atoms with Crippen LogP contribution in [0.1, 0.15) is 31.4 Å². The number of halogens is 1. The van der Waals surface area contributed by atoms with E-state index in [1.807, 2.05) is 0 Å². The third-order valence-electron chi connectivity index (χ3n) is 5.02. The van der Waals surface area contributed by atoms with Crippen LogP contribution in [0.3, 0.4) is 0 Å². The largest absolute Gasteiger partial charge is 0.488 e. The van der Waals surface area contributed by atoms with E-state index in [2.05, 4.69) is 43.4 Å². The SMILES string of the molecule is CC(C)(CC1Cc2ccccc2C1)NC[C@@H](O)COc1ccccc1F. The monoisotopic (exact) mass is 357 g/mol. The van der Waals surface area contributed by atoms with Gasteiger partial charge in [-0.05, 0) is 62.3 Å². The Morgan fingerprint density at radius 1 is 1.12 bits per heavy atom. The number of nitrogens with one attached hydrogen (secondary N) is 1. The molecule has 2 aromatic carbocycles. The van der Waals surface area contributed by atoms with Gasteiger partial charge in [-0.25, -0.2) is 4.39 Å². The number of para-hydroxylation sites is 1. The van der Waals surface area contributed by atoms with Gasteiger partial charge >= 0.3 is 0 Å². The Balaban J connectivity index is 1.42. The van der Waals surface area contributed by atoms with E-state index in [4.69, 9.17) is 4.74 Å². The molecule has 0 spiro atoms. The topological polar surface area (TPSA) is 41.5 Å². The Labute approximate surface area is 155 Å². The molecule has 1 atom stereocenters. The molecule has 2 N–H and O–H groups in total. The van der Waals surface area contributed by atoms with Gasteiger partial charge in [0.25, 0.3) is 0 Å². The second kappa shape index (κ2) is 8.19. The summed E-state index contributed by atoms with van der Waals surface area (Å²) in [4.78, 5) is 0. The summed E-state index contributed by atoms with van der Waals surface area (Å²) in [5, 5.41) is 13.6. The maximum atomic E-state index is 13.5. The zero-order valence-electron chi connectivity index (χ0n) is 15.5. The molecular formula is C22H28FNO2. The molecule has 0 saturated heterocycles. The molecule has 2 aromatic rings. The fourth-order valence-corrected chi connectivity index (χ4v) is 3.79. The fraction of sp³-hybridized carbons (Fsp3) is 0.455. The molecule has 3 rings (SSSR count). The van der Waals surface area contributed by atoms with Gasteiger partial charge in [0.15, 0.2) is 11.6 Å². The Hall–Kier alpha value is -1.91. The Kier molecular flexibility index (Phi) is 5.94. The molecule has 0 fully saturated rings. The third kappa shape index (κ3) is 5.05. The van der Waals surface area contributed by atoms with Crippen molar-refractivity contribution in [2.75, 3.05) is 13.2 Å². The van der Waals surface area contributed by atoms with E-state index in [1.165, 1.54) is 17.2 Å². The van der Waals surface area contributed by atoms with Crippen LogP contribution in [0.4, 0.5) is 4.39 Å². The molecule has 26 heavy (non-hydrogen) atoms. The van der Waals surface area contributed by atoms with Crippen LogP contribution in [-0.4, -0.2) is 29.9 Å². The molecule has 0 aliphatic heterocycles. The van der Waals surface area contributed by atoms with Gasteiger partial charge in [0.1, 0.15) is 12.7 Å². The minimum atomic E-state index is -0.686. The van der Waals surface area contributed by atoms with E-state index in [1.54, 1.807) is 18.2 Å². The molecule has 1 aliphatic carbocycles. The summed E-state index contributed by atoms with van der Waals surface area (Å²) in [6.07, 6.45) is 2.61. The number of ether oxygens (including phenoxy) is 1. The average Bonchev–Trinajstić information content (AvgIpc) is 3.00. The number of fused-ring (bicyclic) bond motifs is 1. The maximum absolute atomic E-state index is 13.5. The quantitative estimate of drug-likeness (QED) is 0.756. The highest BCUT2D eigenvalue weighted by atomic mass is 19.1. The number of hydrogen-bond acceptors (Lipinski definition) is 3. The van der Waals surface area contributed by atoms with Crippen molar-refractivity contribution in [2.45, 2.75) is 44.8 Å². The van der Waals surface area contributed by atoms with Crippen LogP contribution in [0.25, 0.3) is 0 Å². The summed E-state index contributed by atoms with van der Waals surface area (Å²) in [6, 6.07) is 14.9. The van der Waals surface area contributed by atoms with Crippen LogP contribution in [-0.2, 0) is 12.8 Å². The second-order valence-electron chi connectivity index (χ2n) is 7.91. The lowest BCUT2D eigenvalue weighted by atomic mass is 9.88. The second-order valence-corrected chi connectivity index (χ2v) is 7.91. The van der Waals surface area contributed by atoms with E-state index in [9.17, 15) is 9.50 Å². The van der Waals surface area contributed by atoms with Gasteiger partial charge in [-0.3, -0.25) is 0 Å². The molecule has 0 heterocycles. The first-order valence-corrected chi connectivity index (χ1v) is 9.30. The lowest BCUT2D eigenvalue weighted by molar-refractivity contribution is 0.0946. The smallest absolute Gasteiger partial charge is 0.165 e. The normalized spacial score (nSPS) is 15.7. The van der Waals surface area contributed by atoms with Crippen molar-refractivity contribution in [2.24, 2.45) is 5.92 Å². The molecule has 3 nitrogen and oxygen atoms in total. The molecule has 140 valence electrons. The molecule has 4 heteroatoms. The summed E-state index contributed by atoms with van der Waals surface area (Å²) in [6.45, 7) is 4.82. The van der Waals surface area contributed by atoms with Gasteiger partial charge in [0, 0.05) is 12.1 Å². The zero-order valence-corrected chi connectivity index (χ0v) is 15.5. The van der Waals surface area contributed by atoms with Crippen molar-refractivity contribution in [3.63, 3.8) is 0 Å². The van der Waals surface area contributed by atoms with Crippen LogP contribution < -0.4 is 10.1 Å². The first-order chi connectivity index (χ1) is 12.4. The first kappa shape index (κ1) is 18.9. The van der Waals surface area contributed by atoms with Crippen LogP contribution in [0.2, 0.25) is 0 Å². The van der Waals surface area contributed by atoms with E-state index in [-0.39, 0.29) is 17.9 Å². The van der Waals surface area contributed by atoms with Crippen molar-refractivity contribution in [1.82, 2.24) is 5.32 Å². The summed E-state index contributed by atoms with van der Waals surface area (Å²) < 4.78 is 18.9. The molecule has 0 radical (unpaired) electrons. The summed E-state index contributed by atoms with van der Waals surface area (Å²) in [5.41, 5.74) is 2.85. The zero-order chi connectivity index (χ0) is 18.6. The summed E-state index contributed by atoms with van der Waals surface area (Å²) in [7, 11) is 0. The maximum Gasteiger partial charge on any atom is 0.165 e. The fourth-order valence-electron chi connectivity index (χ4n) is 3.79. The highest BCUT2D eigenvalue weighted by Gasteiger charge is 2.28. The van der Waals surface area contributed by atoms with E-state index in [0.717, 1.165) is 19.3 Å². The number of β-amino-alcohol motifs (C(OH)–C–C–N with tert-alkyl or cyclic N) is 1. The number of rotatable bonds is 8. The van der Waals surface area contributed by atoms with Crippen LogP contribution in [0.15, 0.2) is 48.5 Å². The van der Waals surface area contributed by atoms with Crippen molar-refractivity contribution < 1.29 is 14.2 Å². The molecule has 0 saturated carbocycles. The standard InChI is InChI=1S/C22H28FNO2/c1-22(2,13-16-11-17-7-3-4-8-18(17)12-16)24-14-19(25)15-26-21-10-6-5-9-20(21)23/h3-10,16,19,24-25H,11-15H2,1-2H3/t19-/m1/s1. The van der Waals surface area contributed by atoms with Crippen molar-refractivity contribution >= 4 is 0 Å². The van der Waals surface area contributed by atoms with Gasteiger partial charge in [-0.2, -0.15) is 0 Å². The molecule has 0 amide bonds. The molecule has 0 bridgehead atoms. The molecule has 0 aromatic heterocycles. The Morgan fingerprint density at radius 2 is 1.73 bits per heavy atom. The van der Waals surface area contributed by atoms with E-state index >= 15 is 0 Å². The Morgan fingerprint density at radius 3 is 2.38 bits per heavy atom. The van der Waals surface area contributed by atoms with Crippen LogP contribution in [0.5, 0.6) is 5.75 Å². The summed E-state index contributed by atoms with van der Waals surface area (Å²) >= 11 is 0. The number of aliphatic hydroxyl groups excluding tert-OH is 1. The minimum absolute atomic E-state index is 0.0683. The number of hydrogen-bond donors (Lipinski definition) is 2. The summed E-state index contributed by atoms with van der Waals surface area (Å²) in [5.74, 6) is 0.394. The predicted octanol–water partition coefficient (Wildman–Crippen LogP) is 3.74. The number of benzene rings is 2. The van der Waals surface area contributed by atoms with Crippen LogP contribution >= 0.6 is 0 Å². The highest BCUT2D eigenvalue weighted by molar-refractivity contribution is 5.32. The van der Waals surface area contributed by atoms with Gasteiger partial charge in [0.2, 0.25) is 0 Å². The molecule has 0 unspecified atom stereocenters. The van der Waals surface area contributed by atoms with E-state index in [0.29, 0.717) is 12.5 Å². The molecule has 1 aliphatic rings. The lowest BCUT2D eigenvalue weighted by Gasteiger charge is -2.30. The van der Waals surface area contributed by atoms with Crippen molar-refractivity contribution in [3.05, 3.63) is 65.5 Å². The Bertz CT molecular complexity index is 707. The third-order valence-corrected chi connectivity index (χ3v) is 5.02. The van der Waals surface area contributed by atoms with Gasteiger partial charge in [0.05, 0.1) is 0 Å². The van der Waals surface area contributed by atoms with E-state index < -0.39 is 11.9 Å². The van der Waals surface area contributed by atoms with Crippen molar-refractivity contribution in [3.8, 4) is 5.75 Å². The number of aliphatic hydroxyl groups is 1. The lowest BCUT2D eigenvalue weighted by Crippen LogP contribution is -2.46. The minimum Gasteiger partial charge on any atom is -0.488 e. The van der Waals surface area contributed by atoms with Crippen molar-refractivity contribution in [1.29, 1.82) is 0 Å². The van der Waals surface area contributed by atoms with Gasteiger partial charge < -0.3 is 15.2 Å². The average molecular weight is 357 g/mol. The first-order valence-electron chi connectivity index (χ1n) is 9.30. The highest BCUT2D eigenvalue weighted by Crippen LogP contribution is 2.31. The van der Waals surface area contributed by atoms with Gasteiger partial charge in [-0.15, -0.1) is 0 Å². The van der Waals surface area contributed by atoms with Gasteiger partial charge in [-0.1, -0.05) is 36.4 Å². The predicted molar refractivity (Wildman–Crippen MR) is 102 cm³/mol.